The summed E-state index contributed by atoms with van der Waals surface area (Å²) in [5.74, 6) is -1.72. The molecule has 0 aliphatic rings. The minimum absolute atomic E-state index is 0.0870. The smallest absolute Gasteiger partial charge is 0.321 e. The van der Waals surface area contributed by atoms with Gasteiger partial charge in [0.25, 0.3) is 5.69 Å². The molecule has 0 bridgehead atoms. The summed E-state index contributed by atoms with van der Waals surface area (Å²) in [6.45, 7) is 1.75. The predicted molar refractivity (Wildman–Crippen MR) is 61.7 cm³/mol. The first-order valence-electron chi connectivity index (χ1n) is 5.20. The highest BCUT2D eigenvalue weighted by molar-refractivity contribution is 5.75. The molecule has 1 aromatic carbocycles. The van der Waals surface area contributed by atoms with E-state index in [9.17, 15) is 14.9 Å². The molecular formula is C11H14N2O4. The topological polar surface area (TPSA) is 106 Å². The maximum Gasteiger partial charge on any atom is 0.321 e. The molecule has 92 valence electrons. The number of nitro benzene ring substituents is 1. The SMILES string of the molecule is CC[C@@H](c1ccccc1[N+](=O)[O-])[C@@H](N)C(=O)O. The summed E-state index contributed by atoms with van der Waals surface area (Å²) in [6, 6.07) is 4.95. The van der Waals surface area contributed by atoms with Gasteiger partial charge in [-0.25, -0.2) is 0 Å². The lowest BCUT2D eigenvalue weighted by atomic mass is 9.88. The Morgan fingerprint density at radius 1 is 1.53 bits per heavy atom. The Balaban J connectivity index is 3.20. The van der Waals surface area contributed by atoms with Crippen LogP contribution in [0, 0.1) is 10.1 Å². The summed E-state index contributed by atoms with van der Waals surface area (Å²) in [5, 5.41) is 19.7. The molecule has 0 aromatic heterocycles. The number of carboxylic acid groups (broad SMARTS) is 1. The van der Waals surface area contributed by atoms with Crippen LogP contribution in [0.25, 0.3) is 0 Å². The molecule has 17 heavy (non-hydrogen) atoms. The Bertz CT molecular complexity index is 433. The van der Waals surface area contributed by atoms with Crippen molar-refractivity contribution in [1.82, 2.24) is 0 Å². The first-order chi connectivity index (χ1) is 7.99. The molecule has 0 radical (unpaired) electrons. The van der Waals surface area contributed by atoms with Crippen molar-refractivity contribution in [3.63, 3.8) is 0 Å². The van der Waals surface area contributed by atoms with Gasteiger partial charge in [-0.1, -0.05) is 25.1 Å². The highest BCUT2D eigenvalue weighted by atomic mass is 16.6. The van der Waals surface area contributed by atoms with Crippen molar-refractivity contribution < 1.29 is 14.8 Å². The average Bonchev–Trinajstić information content (AvgIpc) is 2.30. The van der Waals surface area contributed by atoms with Gasteiger partial charge in [-0.15, -0.1) is 0 Å². The molecule has 0 saturated carbocycles. The van der Waals surface area contributed by atoms with Gasteiger partial charge < -0.3 is 10.8 Å². The van der Waals surface area contributed by atoms with E-state index in [-0.39, 0.29) is 5.69 Å². The number of nitro groups is 1. The Morgan fingerprint density at radius 3 is 2.59 bits per heavy atom. The Morgan fingerprint density at radius 2 is 2.12 bits per heavy atom. The molecule has 0 amide bonds. The maximum absolute atomic E-state index is 10.9. The number of carbonyl (C=O) groups is 1. The minimum atomic E-state index is -1.16. The third-order valence-electron chi connectivity index (χ3n) is 2.69. The number of rotatable bonds is 5. The summed E-state index contributed by atoms with van der Waals surface area (Å²) in [4.78, 5) is 21.2. The summed E-state index contributed by atoms with van der Waals surface area (Å²) in [5.41, 5.74) is 5.83. The second kappa shape index (κ2) is 5.40. The van der Waals surface area contributed by atoms with E-state index in [4.69, 9.17) is 10.8 Å². The number of para-hydroxylation sites is 1. The number of carboxylic acids is 1. The van der Waals surface area contributed by atoms with E-state index in [0.29, 0.717) is 12.0 Å². The number of hydrogen-bond donors (Lipinski definition) is 2. The molecule has 3 N–H and O–H groups in total. The first kappa shape index (κ1) is 13.1. The molecule has 0 aliphatic carbocycles. The van der Waals surface area contributed by atoms with Crippen LogP contribution in [-0.4, -0.2) is 22.0 Å². The lowest BCUT2D eigenvalue weighted by Crippen LogP contribution is -2.36. The quantitative estimate of drug-likeness (QED) is 0.597. The number of nitrogens with two attached hydrogens (primary N) is 1. The summed E-state index contributed by atoms with van der Waals surface area (Å²) in [7, 11) is 0. The minimum Gasteiger partial charge on any atom is -0.480 e. The number of nitrogens with zero attached hydrogens (tertiary/aromatic N) is 1. The molecule has 0 saturated heterocycles. The molecule has 0 heterocycles. The van der Waals surface area contributed by atoms with Crippen molar-refractivity contribution in [3.8, 4) is 0 Å². The van der Waals surface area contributed by atoms with Crippen LogP contribution in [-0.2, 0) is 4.79 Å². The van der Waals surface area contributed by atoms with E-state index in [1.165, 1.54) is 6.07 Å². The standard InChI is InChI=1S/C11H14N2O4/c1-2-7(10(12)11(14)15)8-5-3-4-6-9(8)13(16)17/h3-7,10H,2,12H2,1H3,(H,14,15)/t7-,10+/m0/s1. The van der Waals surface area contributed by atoms with Crippen molar-refractivity contribution >= 4 is 11.7 Å². The zero-order chi connectivity index (χ0) is 13.0. The van der Waals surface area contributed by atoms with E-state index in [1.807, 2.05) is 0 Å². The Kier molecular flexibility index (Phi) is 4.17. The molecule has 1 aromatic rings. The van der Waals surface area contributed by atoms with E-state index in [0.717, 1.165) is 0 Å². The largest absolute Gasteiger partial charge is 0.480 e. The van der Waals surface area contributed by atoms with Crippen molar-refractivity contribution in [3.05, 3.63) is 39.9 Å². The normalized spacial score (nSPS) is 14.0. The molecule has 2 atom stereocenters. The zero-order valence-electron chi connectivity index (χ0n) is 9.37. The van der Waals surface area contributed by atoms with E-state index < -0.39 is 22.9 Å². The molecule has 0 unspecified atom stereocenters. The van der Waals surface area contributed by atoms with Crippen molar-refractivity contribution in [2.24, 2.45) is 5.73 Å². The van der Waals surface area contributed by atoms with Gasteiger partial charge in [-0.05, 0) is 6.42 Å². The Hall–Kier alpha value is -1.95. The third-order valence-corrected chi connectivity index (χ3v) is 2.69. The van der Waals surface area contributed by atoms with Gasteiger partial charge in [0, 0.05) is 17.5 Å². The second-order valence-electron chi connectivity index (χ2n) is 3.69. The molecule has 0 spiro atoms. The van der Waals surface area contributed by atoms with Gasteiger partial charge in [-0.3, -0.25) is 14.9 Å². The highest BCUT2D eigenvalue weighted by Gasteiger charge is 2.29. The van der Waals surface area contributed by atoms with Crippen molar-refractivity contribution in [1.29, 1.82) is 0 Å². The van der Waals surface area contributed by atoms with E-state index >= 15 is 0 Å². The van der Waals surface area contributed by atoms with Crippen molar-refractivity contribution in [2.75, 3.05) is 0 Å². The van der Waals surface area contributed by atoms with Crippen LogP contribution in [0.1, 0.15) is 24.8 Å². The summed E-state index contributed by atoms with van der Waals surface area (Å²) >= 11 is 0. The molecule has 1 rings (SSSR count). The summed E-state index contributed by atoms with van der Waals surface area (Å²) < 4.78 is 0. The fourth-order valence-corrected chi connectivity index (χ4v) is 1.81. The van der Waals surface area contributed by atoms with E-state index in [1.54, 1.807) is 25.1 Å². The third kappa shape index (κ3) is 2.79. The molecule has 6 nitrogen and oxygen atoms in total. The maximum atomic E-state index is 10.9. The van der Waals surface area contributed by atoms with Crippen LogP contribution in [0.2, 0.25) is 0 Å². The molecule has 6 heteroatoms. The fraction of sp³-hybridized carbons (Fsp3) is 0.364. The predicted octanol–water partition coefficient (Wildman–Crippen LogP) is 1.50. The van der Waals surface area contributed by atoms with Crippen LogP contribution in [0.4, 0.5) is 5.69 Å². The van der Waals surface area contributed by atoms with Gasteiger partial charge in [0.2, 0.25) is 0 Å². The van der Waals surface area contributed by atoms with Crippen LogP contribution in [0.3, 0.4) is 0 Å². The van der Waals surface area contributed by atoms with Gasteiger partial charge in [0.15, 0.2) is 0 Å². The number of hydrogen-bond acceptors (Lipinski definition) is 4. The van der Waals surface area contributed by atoms with Gasteiger partial charge in [0.05, 0.1) is 4.92 Å². The molecular weight excluding hydrogens is 224 g/mol. The fourth-order valence-electron chi connectivity index (χ4n) is 1.81. The zero-order valence-corrected chi connectivity index (χ0v) is 9.37. The highest BCUT2D eigenvalue weighted by Crippen LogP contribution is 2.30. The lowest BCUT2D eigenvalue weighted by Gasteiger charge is -2.19. The van der Waals surface area contributed by atoms with Crippen molar-refractivity contribution in [2.45, 2.75) is 25.3 Å². The van der Waals surface area contributed by atoms with Crippen LogP contribution in [0.5, 0.6) is 0 Å². The van der Waals surface area contributed by atoms with Crippen LogP contribution in [0.15, 0.2) is 24.3 Å². The monoisotopic (exact) mass is 238 g/mol. The number of benzene rings is 1. The first-order valence-corrected chi connectivity index (χ1v) is 5.20. The van der Waals surface area contributed by atoms with Gasteiger partial charge in [-0.2, -0.15) is 0 Å². The molecule has 0 aliphatic heterocycles. The average molecular weight is 238 g/mol. The van der Waals surface area contributed by atoms with Crippen LogP contribution >= 0.6 is 0 Å². The Labute approximate surface area is 98.2 Å². The van der Waals surface area contributed by atoms with Crippen LogP contribution < -0.4 is 5.73 Å². The summed E-state index contributed by atoms with van der Waals surface area (Å²) in [6.07, 6.45) is 0.429. The van der Waals surface area contributed by atoms with E-state index in [2.05, 4.69) is 0 Å². The van der Waals surface area contributed by atoms with Gasteiger partial charge in [0.1, 0.15) is 6.04 Å². The van der Waals surface area contributed by atoms with Gasteiger partial charge >= 0.3 is 5.97 Å². The second-order valence-corrected chi connectivity index (χ2v) is 3.69. The lowest BCUT2D eigenvalue weighted by molar-refractivity contribution is -0.385. The number of aliphatic carboxylic acids is 1. The molecule has 0 fully saturated rings.